The summed E-state index contributed by atoms with van der Waals surface area (Å²) in [4.78, 5) is 7.00. The van der Waals surface area contributed by atoms with Crippen molar-refractivity contribution in [2.24, 2.45) is 0 Å². The van der Waals surface area contributed by atoms with Crippen molar-refractivity contribution in [2.45, 2.75) is 26.0 Å². The highest BCUT2D eigenvalue weighted by atomic mass is 32.1. The lowest BCUT2D eigenvalue weighted by atomic mass is 10.1. The molecule has 0 amide bonds. The predicted molar refractivity (Wildman–Crippen MR) is 76.0 cm³/mol. The summed E-state index contributed by atoms with van der Waals surface area (Å²) in [5.41, 5.74) is 0.638. The van der Waals surface area contributed by atoms with Crippen molar-refractivity contribution in [1.29, 1.82) is 0 Å². The molecule has 0 aliphatic rings. The summed E-state index contributed by atoms with van der Waals surface area (Å²) in [6.07, 6.45) is 1.14. The monoisotopic (exact) mass is 280 g/mol. The molecule has 0 fully saturated rings. The average Bonchev–Trinajstić information content (AvgIpc) is 2.87. The number of hydrogen-bond donors (Lipinski definition) is 1. The minimum atomic E-state index is -0.525. The summed E-state index contributed by atoms with van der Waals surface area (Å²) >= 11 is 1.42. The first kappa shape index (κ1) is 14.0. The fourth-order valence-electron chi connectivity index (χ4n) is 1.82. The lowest BCUT2D eigenvalue weighted by Gasteiger charge is -2.24. The van der Waals surface area contributed by atoms with Gasteiger partial charge in [0.1, 0.15) is 5.82 Å². The van der Waals surface area contributed by atoms with Crippen LogP contribution >= 0.6 is 11.3 Å². The van der Waals surface area contributed by atoms with E-state index in [1.807, 2.05) is 24.9 Å². The van der Waals surface area contributed by atoms with Crippen molar-refractivity contribution in [3.05, 3.63) is 46.7 Å². The smallest absolute Gasteiger partial charge is 0.185 e. The van der Waals surface area contributed by atoms with Gasteiger partial charge in [0.15, 0.2) is 5.13 Å². The van der Waals surface area contributed by atoms with Gasteiger partial charge in [-0.2, -0.15) is 0 Å². The molecule has 0 radical (unpaired) electrons. The summed E-state index contributed by atoms with van der Waals surface area (Å²) in [5, 5.41) is 10.3. The van der Waals surface area contributed by atoms with Gasteiger partial charge in [0.2, 0.25) is 0 Å². The van der Waals surface area contributed by atoms with Crippen LogP contribution in [0.4, 0.5) is 9.52 Å². The lowest BCUT2D eigenvalue weighted by molar-refractivity contribution is 0.203. The molecule has 1 N–H and O–H groups in total. The van der Waals surface area contributed by atoms with Crippen molar-refractivity contribution < 1.29 is 9.50 Å². The Balaban J connectivity index is 2.23. The standard InChI is InChI=1S/C14H17FN2OS/c1-9(11-6-4-5-7-12(11)15)17(3)14-16-8-13(19-14)10(2)18/h4-10,18H,1-3H3. The van der Waals surface area contributed by atoms with Crippen LogP contribution in [0.1, 0.15) is 36.4 Å². The molecule has 19 heavy (non-hydrogen) atoms. The minimum absolute atomic E-state index is 0.116. The van der Waals surface area contributed by atoms with Crippen LogP contribution in [0.15, 0.2) is 30.5 Å². The number of aliphatic hydroxyl groups excluding tert-OH is 1. The maximum Gasteiger partial charge on any atom is 0.185 e. The van der Waals surface area contributed by atoms with Gasteiger partial charge in [0, 0.05) is 18.8 Å². The van der Waals surface area contributed by atoms with Gasteiger partial charge in [-0.15, -0.1) is 0 Å². The topological polar surface area (TPSA) is 36.4 Å². The molecule has 102 valence electrons. The normalized spacial score (nSPS) is 14.2. The molecule has 0 aliphatic heterocycles. The molecule has 2 rings (SSSR count). The van der Waals surface area contributed by atoms with E-state index in [9.17, 15) is 9.50 Å². The molecule has 1 heterocycles. The number of nitrogens with zero attached hydrogens (tertiary/aromatic N) is 2. The zero-order valence-corrected chi connectivity index (χ0v) is 12.0. The van der Waals surface area contributed by atoms with Crippen LogP contribution in [0.3, 0.4) is 0 Å². The molecular formula is C14H17FN2OS. The quantitative estimate of drug-likeness (QED) is 0.930. The summed E-state index contributed by atoms with van der Waals surface area (Å²) in [6, 6.07) is 6.63. The highest BCUT2D eigenvalue weighted by Gasteiger charge is 2.18. The maximum atomic E-state index is 13.8. The summed E-state index contributed by atoms with van der Waals surface area (Å²) in [7, 11) is 1.88. The van der Waals surface area contributed by atoms with Crippen LogP contribution in [0.5, 0.6) is 0 Å². The van der Waals surface area contributed by atoms with Crippen LogP contribution in [-0.2, 0) is 0 Å². The second kappa shape index (κ2) is 5.67. The highest BCUT2D eigenvalue weighted by Crippen LogP contribution is 2.32. The molecule has 1 aromatic carbocycles. The van der Waals surface area contributed by atoms with Gasteiger partial charge in [-0.05, 0) is 19.9 Å². The number of aliphatic hydroxyl groups is 1. The van der Waals surface area contributed by atoms with Gasteiger partial charge in [-0.3, -0.25) is 0 Å². The summed E-state index contributed by atoms with van der Waals surface area (Å²) in [6.45, 7) is 3.64. The van der Waals surface area contributed by atoms with Crippen LogP contribution < -0.4 is 4.90 Å². The van der Waals surface area contributed by atoms with Gasteiger partial charge in [-0.25, -0.2) is 9.37 Å². The Morgan fingerprint density at radius 1 is 1.32 bits per heavy atom. The molecule has 0 saturated carbocycles. The Kier molecular flexibility index (Phi) is 4.17. The van der Waals surface area contributed by atoms with Crippen molar-refractivity contribution in [3.63, 3.8) is 0 Å². The third-order valence-electron chi connectivity index (χ3n) is 3.16. The van der Waals surface area contributed by atoms with E-state index < -0.39 is 6.10 Å². The van der Waals surface area contributed by atoms with Crippen molar-refractivity contribution >= 4 is 16.5 Å². The van der Waals surface area contributed by atoms with Gasteiger partial charge in [-0.1, -0.05) is 29.5 Å². The van der Waals surface area contributed by atoms with E-state index >= 15 is 0 Å². The van der Waals surface area contributed by atoms with Gasteiger partial charge in [0.05, 0.1) is 17.0 Å². The fourth-order valence-corrected chi connectivity index (χ4v) is 2.72. The van der Waals surface area contributed by atoms with Crippen LogP contribution in [-0.4, -0.2) is 17.1 Å². The summed E-state index contributed by atoms with van der Waals surface area (Å²) in [5.74, 6) is -0.214. The van der Waals surface area contributed by atoms with E-state index in [0.29, 0.717) is 5.56 Å². The van der Waals surface area contributed by atoms with Gasteiger partial charge < -0.3 is 10.0 Å². The minimum Gasteiger partial charge on any atom is -0.388 e. The molecule has 1 aromatic heterocycles. The van der Waals surface area contributed by atoms with E-state index in [2.05, 4.69) is 4.98 Å². The molecule has 2 atom stereocenters. The molecule has 0 aliphatic carbocycles. The van der Waals surface area contributed by atoms with Crippen LogP contribution in [0.2, 0.25) is 0 Å². The number of aromatic nitrogens is 1. The van der Waals surface area contributed by atoms with Crippen LogP contribution in [0.25, 0.3) is 0 Å². The number of thiazole rings is 1. The Morgan fingerprint density at radius 2 is 2.00 bits per heavy atom. The summed E-state index contributed by atoms with van der Waals surface area (Å²) < 4.78 is 13.8. The average molecular weight is 280 g/mol. The Labute approximate surface area is 116 Å². The lowest BCUT2D eigenvalue weighted by Crippen LogP contribution is -2.22. The van der Waals surface area contributed by atoms with Crippen molar-refractivity contribution in [2.75, 3.05) is 11.9 Å². The second-order valence-corrected chi connectivity index (χ2v) is 5.57. The first-order valence-electron chi connectivity index (χ1n) is 6.11. The molecule has 0 saturated heterocycles. The molecule has 0 spiro atoms. The molecule has 2 unspecified atom stereocenters. The number of benzene rings is 1. The van der Waals surface area contributed by atoms with E-state index in [4.69, 9.17) is 0 Å². The van der Waals surface area contributed by atoms with Crippen molar-refractivity contribution in [1.82, 2.24) is 4.98 Å². The predicted octanol–water partition coefficient (Wildman–Crippen LogP) is 3.53. The highest BCUT2D eigenvalue weighted by molar-refractivity contribution is 7.15. The first-order valence-corrected chi connectivity index (χ1v) is 6.93. The first-order chi connectivity index (χ1) is 9.00. The van der Waals surface area contributed by atoms with E-state index in [1.54, 1.807) is 25.3 Å². The Bertz CT molecular complexity index is 556. The zero-order valence-electron chi connectivity index (χ0n) is 11.2. The second-order valence-electron chi connectivity index (χ2n) is 4.53. The number of anilines is 1. The molecule has 2 aromatic rings. The molecule has 3 nitrogen and oxygen atoms in total. The third kappa shape index (κ3) is 2.93. The Hall–Kier alpha value is -1.46. The maximum absolute atomic E-state index is 13.8. The zero-order chi connectivity index (χ0) is 14.0. The van der Waals surface area contributed by atoms with Crippen molar-refractivity contribution in [3.8, 4) is 0 Å². The van der Waals surface area contributed by atoms with E-state index in [1.165, 1.54) is 17.4 Å². The third-order valence-corrected chi connectivity index (χ3v) is 4.42. The molecular weight excluding hydrogens is 263 g/mol. The number of halogens is 1. The largest absolute Gasteiger partial charge is 0.388 e. The van der Waals surface area contributed by atoms with Gasteiger partial charge in [0.25, 0.3) is 0 Å². The number of hydrogen-bond acceptors (Lipinski definition) is 4. The molecule has 0 bridgehead atoms. The number of rotatable bonds is 4. The fraction of sp³-hybridized carbons (Fsp3) is 0.357. The van der Waals surface area contributed by atoms with E-state index in [-0.39, 0.29) is 11.9 Å². The van der Waals surface area contributed by atoms with E-state index in [0.717, 1.165) is 10.0 Å². The molecule has 5 heteroatoms. The van der Waals surface area contributed by atoms with Crippen LogP contribution in [0, 0.1) is 5.82 Å². The SMILES string of the molecule is CC(O)c1cnc(N(C)C(C)c2ccccc2F)s1. The Morgan fingerprint density at radius 3 is 2.58 bits per heavy atom. The van der Waals surface area contributed by atoms with Gasteiger partial charge >= 0.3 is 0 Å².